The van der Waals surface area contributed by atoms with Gasteiger partial charge in [-0.05, 0) is 89.1 Å². The molecule has 0 radical (unpaired) electrons. The highest BCUT2D eigenvalue weighted by Crippen LogP contribution is 2.28. The van der Waals surface area contributed by atoms with E-state index in [0.717, 1.165) is 42.7 Å². The van der Waals surface area contributed by atoms with Crippen LogP contribution in [0.1, 0.15) is 48.2 Å². The van der Waals surface area contributed by atoms with E-state index >= 15 is 0 Å². The number of nitriles is 1. The van der Waals surface area contributed by atoms with Gasteiger partial charge in [0.05, 0.1) is 17.7 Å². The van der Waals surface area contributed by atoms with Crippen LogP contribution >= 0.6 is 0 Å². The summed E-state index contributed by atoms with van der Waals surface area (Å²) in [4.78, 5) is 33.4. The van der Waals surface area contributed by atoms with Crippen LogP contribution in [0.5, 0.6) is 0 Å². The summed E-state index contributed by atoms with van der Waals surface area (Å²) in [5, 5.41) is 19.3. The number of nitrogens with zero attached hydrogens (tertiary/aromatic N) is 6. The van der Waals surface area contributed by atoms with Gasteiger partial charge in [0, 0.05) is 23.0 Å². The molecule has 0 spiro atoms. The average molecular weight is 536 g/mol. The summed E-state index contributed by atoms with van der Waals surface area (Å²) >= 11 is 0. The number of rotatable bonds is 7. The van der Waals surface area contributed by atoms with Gasteiger partial charge in [0.2, 0.25) is 5.95 Å². The maximum absolute atomic E-state index is 13.1. The normalized spacial score (nSPS) is 14.5. The minimum absolute atomic E-state index is 0.254. The van der Waals surface area contributed by atoms with Crippen molar-refractivity contribution in [1.29, 1.82) is 5.26 Å². The Morgan fingerprint density at radius 2 is 1.90 bits per heavy atom. The van der Waals surface area contributed by atoms with E-state index in [4.69, 9.17) is 4.98 Å². The molecule has 2 aromatic carbocycles. The monoisotopic (exact) mass is 535 g/mol. The first-order valence-corrected chi connectivity index (χ1v) is 13.4. The molecule has 204 valence electrons. The number of benzene rings is 2. The van der Waals surface area contributed by atoms with Gasteiger partial charge in [-0.3, -0.25) is 4.79 Å². The lowest BCUT2D eigenvalue weighted by Gasteiger charge is -2.29. The molecule has 40 heavy (non-hydrogen) atoms. The molecule has 10 nitrogen and oxygen atoms in total. The van der Waals surface area contributed by atoms with E-state index in [1.165, 1.54) is 6.33 Å². The fourth-order valence-corrected chi connectivity index (χ4v) is 4.63. The molecule has 5 rings (SSSR count). The molecule has 2 aromatic heterocycles. The van der Waals surface area contributed by atoms with Crippen LogP contribution < -0.4 is 16.0 Å². The Morgan fingerprint density at radius 1 is 1.10 bits per heavy atom. The summed E-state index contributed by atoms with van der Waals surface area (Å²) in [5.74, 6) is 0.853. The lowest BCUT2D eigenvalue weighted by molar-refractivity contribution is 0.102. The van der Waals surface area contributed by atoms with Crippen molar-refractivity contribution < 1.29 is 4.79 Å². The SMILES string of the molecule is Cc1ccc(NC(=O)c2cccc(C(C)(C)C#N)c2)cc1Nc1ncnc2cnc(NC3CCN(C)CC3)nc12. The van der Waals surface area contributed by atoms with Crippen LogP contribution in [0.4, 0.5) is 23.1 Å². The van der Waals surface area contributed by atoms with Crippen LogP contribution in [-0.4, -0.2) is 56.9 Å². The fraction of sp³-hybridized carbons (Fsp3) is 0.333. The lowest BCUT2D eigenvalue weighted by Crippen LogP contribution is -2.37. The molecule has 1 amide bonds. The third-order valence-electron chi connectivity index (χ3n) is 7.30. The molecule has 1 saturated heterocycles. The van der Waals surface area contributed by atoms with E-state index in [0.29, 0.717) is 40.1 Å². The molecule has 1 fully saturated rings. The molecule has 10 heteroatoms. The second-order valence-corrected chi connectivity index (χ2v) is 10.8. The molecule has 3 heterocycles. The number of amides is 1. The molecule has 3 N–H and O–H groups in total. The first-order valence-electron chi connectivity index (χ1n) is 13.4. The summed E-state index contributed by atoms with van der Waals surface area (Å²) in [6, 6.07) is 15.4. The predicted molar refractivity (Wildman–Crippen MR) is 157 cm³/mol. The van der Waals surface area contributed by atoms with Gasteiger partial charge < -0.3 is 20.9 Å². The van der Waals surface area contributed by atoms with Crippen LogP contribution in [0.3, 0.4) is 0 Å². The topological polar surface area (TPSA) is 132 Å². The first-order chi connectivity index (χ1) is 19.2. The van der Waals surface area contributed by atoms with Crippen molar-refractivity contribution >= 4 is 40.1 Å². The smallest absolute Gasteiger partial charge is 0.255 e. The maximum atomic E-state index is 13.1. The summed E-state index contributed by atoms with van der Waals surface area (Å²) in [7, 11) is 2.13. The number of hydrogen-bond acceptors (Lipinski definition) is 9. The number of carbonyl (C=O) groups excluding carboxylic acids is 1. The molecular formula is C30H33N9O. The molecular weight excluding hydrogens is 502 g/mol. The van der Waals surface area contributed by atoms with Gasteiger partial charge in [-0.1, -0.05) is 18.2 Å². The zero-order valence-electron chi connectivity index (χ0n) is 23.2. The van der Waals surface area contributed by atoms with Crippen molar-refractivity contribution in [3.8, 4) is 6.07 Å². The van der Waals surface area contributed by atoms with Crippen molar-refractivity contribution in [1.82, 2.24) is 24.8 Å². The first kappa shape index (κ1) is 27.0. The summed E-state index contributed by atoms with van der Waals surface area (Å²) in [6.45, 7) is 7.72. The highest BCUT2D eigenvalue weighted by Gasteiger charge is 2.21. The van der Waals surface area contributed by atoms with E-state index in [1.807, 2.05) is 45.0 Å². The zero-order chi connectivity index (χ0) is 28.3. The van der Waals surface area contributed by atoms with Crippen LogP contribution in [0, 0.1) is 18.3 Å². The average Bonchev–Trinajstić information content (AvgIpc) is 2.96. The molecule has 0 atom stereocenters. The number of nitrogens with one attached hydrogen (secondary N) is 3. The third kappa shape index (κ3) is 6.00. The molecule has 1 aliphatic rings. The van der Waals surface area contributed by atoms with Gasteiger partial charge in [0.1, 0.15) is 17.4 Å². The van der Waals surface area contributed by atoms with E-state index in [-0.39, 0.29) is 5.91 Å². The van der Waals surface area contributed by atoms with Crippen molar-refractivity contribution in [2.75, 3.05) is 36.1 Å². The molecule has 0 unspecified atom stereocenters. The summed E-state index contributed by atoms with van der Waals surface area (Å²) in [5.41, 5.74) is 4.20. The molecule has 1 aliphatic heterocycles. The van der Waals surface area contributed by atoms with E-state index < -0.39 is 5.41 Å². The molecule has 0 saturated carbocycles. The van der Waals surface area contributed by atoms with Crippen molar-refractivity contribution in [3.05, 3.63) is 71.7 Å². The van der Waals surface area contributed by atoms with Gasteiger partial charge >= 0.3 is 0 Å². The van der Waals surface area contributed by atoms with Gasteiger partial charge in [-0.15, -0.1) is 0 Å². The number of anilines is 4. The van der Waals surface area contributed by atoms with Gasteiger partial charge in [0.25, 0.3) is 5.91 Å². The van der Waals surface area contributed by atoms with Crippen LogP contribution in [-0.2, 0) is 5.41 Å². The zero-order valence-corrected chi connectivity index (χ0v) is 23.2. The van der Waals surface area contributed by atoms with E-state index in [2.05, 4.69) is 48.9 Å². The van der Waals surface area contributed by atoms with Gasteiger partial charge in [-0.25, -0.2) is 19.9 Å². The largest absolute Gasteiger partial charge is 0.351 e. The number of hydrogen-bond donors (Lipinski definition) is 3. The van der Waals surface area contributed by atoms with Crippen molar-refractivity contribution in [2.45, 2.75) is 45.1 Å². The van der Waals surface area contributed by atoms with Gasteiger partial charge in [0.15, 0.2) is 5.82 Å². The van der Waals surface area contributed by atoms with E-state index in [1.54, 1.807) is 24.4 Å². The van der Waals surface area contributed by atoms with Gasteiger partial charge in [-0.2, -0.15) is 5.26 Å². The Hall–Kier alpha value is -4.62. The third-order valence-corrected chi connectivity index (χ3v) is 7.30. The standard InChI is InChI=1S/C30H33N9O/c1-19-8-9-23(35-28(40)20-6-5-7-21(14-20)30(2,3)17-31)15-24(19)37-27-26-25(33-18-34-27)16-32-29(38-26)36-22-10-12-39(4)13-11-22/h5-9,14-16,18,22H,10-13H2,1-4H3,(H,35,40)(H,32,36,38)(H,33,34,37). The van der Waals surface area contributed by atoms with Crippen molar-refractivity contribution in [3.63, 3.8) is 0 Å². The minimum atomic E-state index is -0.691. The highest BCUT2D eigenvalue weighted by atomic mass is 16.1. The summed E-state index contributed by atoms with van der Waals surface area (Å²) in [6.07, 6.45) is 5.26. The van der Waals surface area contributed by atoms with Crippen molar-refractivity contribution in [2.24, 2.45) is 0 Å². The van der Waals surface area contributed by atoms with Crippen LogP contribution in [0.25, 0.3) is 11.0 Å². The summed E-state index contributed by atoms with van der Waals surface area (Å²) < 4.78 is 0. The Kier molecular flexibility index (Phi) is 7.58. The highest BCUT2D eigenvalue weighted by molar-refractivity contribution is 6.04. The number of aryl methyl sites for hydroxylation is 1. The van der Waals surface area contributed by atoms with Crippen LogP contribution in [0.15, 0.2) is 55.0 Å². The molecule has 4 aromatic rings. The Bertz CT molecular complexity index is 1590. The Morgan fingerprint density at radius 3 is 2.67 bits per heavy atom. The molecule has 0 aliphatic carbocycles. The number of carbonyl (C=O) groups is 1. The second kappa shape index (κ2) is 11.2. The predicted octanol–water partition coefficient (Wildman–Crippen LogP) is 5.03. The quantitative estimate of drug-likeness (QED) is 0.298. The maximum Gasteiger partial charge on any atom is 0.255 e. The number of likely N-dealkylation sites (tertiary alicyclic amines) is 1. The number of fused-ring (bicyclic) bond motifs is 1. The fourth-order valence-electron chi connectivity index (χ4n) is 4.63. The minimum Gasteiger partial charge on any atom is -0.351 e. The molecule has 0 bridgehead atoms. The lowest BCUT2D eigenvalue weighted by atomic mass is 9.85. The second-order valence-electron chi connectivity index (χ2n) is 10.8. The van der Waals surface area contributed by atoms with E-state index in [9.17, 15) is 10.1 Å². The Balaban J connectivity index is 1.36. The Labute approximate surface area is 233 Å². The number of piperidine rings is 1. The van der Waals surface area contributed by atoms with Crippen LogP contribution in [0.2, 0.25) is 0 Å². The number of aromatic nitrogens is 4.